The molecular weight excluding hydrogens is 290 g/mol. The van der Waals surface area contributed by atoms with Crippen molar-refractivity contribution in [2.75, 3.05) is 0 Å². The van der Waals surface area contributed by atoms with Gasteiger partial charge in [-0.15, -0.1) is 0 Å². The topological polar surface area (TPSA) is 77.5 Å². The number of carbonyl (C=O) groups is 1. The molecule has 1 amide bonds. The van der Waals surface area contributed by atoms with E-state index in [-0.39, 0.29) is 0 Å². The normalized spacial score (nSPS) is 12.6. The second kappa shape index (κ2) is 6.46. The lowest BCUT2D eigenvalue weighted by Gasteiger charge is -2.08. The van der Waals surface area contributed by atoms with Crippen molar-refractivity contribution in [3.05, 3.63) is 71.4 Å². The van der Waals surface area contributed by atoms with Gasteiger partial charge in [0, 0.05) is 22.2 Å². The fourth-order valence-electron chi connectivity index (χ4n) is 2.47. The number of benzene rings is 2. The number of aliphatic hydroxyl groups excluding tert-OH is 1. The molecule has 1 aromatic heterocycles. The van der Waals surface area contributed by atoms with Crippen molar-refractivity contribution in [3.8, 4) is 0 Å². The van der Waals surface area contributed by atoms with Gasteiger partial charge in [-0.2, -0.15) is 5.10 Å². The van der Waals surface area contributed by atoms with E-state index < -0.39 is 12.0 Å². The largest absolute Gasteiger partial charge is 0.378 e. The van der Waals surface area contributed by atoms with Gasteiger partial charge in [0.25, 0.3) is 5.91 Å². The van der Waals surface area contributed by atoms with Crippen LogP contribution in [0.5, 0.6) is 0 Å². The van der Waals surface area contributed by atoms with Gasteiger partial charge in [0.2, 0.25) is 0 Å². The van der Waals surface area contributed by atoms with E-state index in [0.717, 1.165) is 22.2 Å². The van der Waals surface area contributed by atoms with E-state index in [1.807, 2.05) is 37.3 Å². The number of para-hydroxylation sites is 1. The lowest BCUT2D eigenvalue weighted by molar-refractivity contribution is -0.129. The van der Waals surface area contributed by atoms with E-state index in [1.165, 1.54) is 0 Å². The van der Waals surface area contributed by atoms with Crippen LogP contribution < -0.4 is 5.43 Å². The first-order chi connectivity index (χ1) is 11.2. The number of aliphatic hydroxyl groups is 1. The number of carbonyl (C=O) groups excluding carboxylic acids is 1. The Balaban J connectivity index is 1.73. The second-order valence-corrected chi connectivity index (χ2v) is 5.26. The molecule has 1 atom stereocenters. The van der Waals surface area contributed by atoms with Crippen LogP contribution in [0.1, 0.15) is 22.9 Å². The Morgan fingerprint density at radius 1 is 1.17 bits per heavy atom. The molecule has 3 N–H and O–H groups in total. The average molecular weight is 307 g/mol. The highest BCUT2D eigenvalue weighted by Gasteiger charge is 2.16. The molecule has 3 rings (SSSR count). The summed E-state index contributed by atoms with van der Waals surface area (Å²) in [7, 11) is 0. The van der Waals surface area contributed by atoms with Gasteiger partial charge in [0.15, 0.2) is 6.10 Å². The molecule has 23 heavy (non-hydrogen) atoms. The van der Waals surface area contributed by atoms with E-state index in [1.54, 1.807) is 30.5 Å². The summed E-state index contributed by atoms with van der Waals surface area (Å²) in [6, 6.07) is 16.6. The molecule has 0 saturated heterocycles. The van der Waals surface area contributed by atoms with Gasteiger partial charge in [-0.05, 0) is 18.6 Å². The van der Waals surface area contributed by atoms with Crippen molar-refractivity contribution in [1.29, 1.82) is 0 Å². The Morgan fingerprint density at radius 3 is 2.65 bits per heavy atom. The number of rotatable bonds is 4. The number of amides is 1. The number of hydrogen-bond acceptors (Lipinski definition) is 3. The van der Waals surface area contributed by atoms with E-state index in [9.17, 15) is 9.90 Å². The maximum Gasteiger partial charge on any atom is 0.273 e. The monoisotopic (exact) mass is 307 g/mol. The number of nitrogens with zero attached hydrogens (tertiary/aromatic N) is 1. The van der Waals surface area contributed by atoms with Crippen LogP contribution in [0.25, 0.3) is 10.9 Å². The minimum atomic E-state index is -1.24. The number of aromatic amines is 1. The van der Waals surface area contributed by atoms with Crippen LogP contribution in [0.2, 0.25) is 0 Å². The summed E-state index contributed by atoms with van der Waals surface area (Å²) in [5, 5.41) is 15.0. The SMILES string of the molecule is Cc1[nH]c2ccccc2c1C=NNC(=O)C(O)c1ccccc1. The highest BCUT2D eigenvalue weighted by molar-refractivity contribution is 6.00. The van der Waals surface area contributed by atoms with Crippen LogP contribution in [0.4, 0.5) is 0 Å². The first-order valence-electron chi connectivity index (χ1n) is 7.30. The third-order valence-electron chi connectivity index (χ3n) is 3.68. The fraction of sp³-hybridized carbons (Fsp3) is 0.111. The maximum atomic E-state index is 11.9. The molecule has 116 valence electrons. The zero-order valence-corrected chi connectivity index (χ0v) is 12.7. The Labute approximate surface area is 133 Å². The van der Waals surface area contributed by atoms with Gasteiger partial charge in [0.05, 0.1) is 6.21 Å². The Bertz CT molecular complexity index is 853. The lowest BCUT2D eigenvalue weighted by Crippen LogP contribution is -2.25. The van der Waals surface area contributed by atoms with Crippen molar-refractivity contribution in [2.24, 2.45) is 5.10 Å². The predicted molar refractivity (Wildman–Crippen MR) is 90.2 cm³/mol. The average Bonchev–Trinajstić information content (AvgIpc) is 2.90. The third kappa shape index (κ3) is 3.14. The molecule has 0 spiro atoms. The van der Waals surface area contributed by atoms with Crippen molar-refractivity contribution >= 4 is 23.0 Å². The molecule has 0 fully saturated rings. The molecule has 0 aliphatic carbocycles. The minimum Gasteiger partial charge on any atom is -0.378 e. The summed E-state index contributed by atoms with van der Waals surface area (Å²) in [6.07, 6.45) is 0.349. The Hall–Kier alpha value is -2.92. The lowest BCUT2D eigenvalue weighted by atomic mass is 10.1. The van der Waals surface area contributed by atoms with Crippen molar-refractivity contribution in [2.45, 2.75) is 13.0 Å². The van der Waals surface area contributed by atoms with Gasteiger partial charge in [-0.25, -0.2) is 5.43 Å². The number of aromatic nitrogens is 1. The maximum absolute atomic E-state index is 11.9. The summed E-state index contributed by atoms with van der Waals surface area (Å²) in [4.78, 5) is 15.2. The summed E-state index contributed by atoms with van der Waals surface area (Å²) in [6.45, 7) is 1.95. The number of H-pyrrole nitrogens is 1. The molecule has 0 radical (unpaired) electrons. The molecular formula is C18H17N3O2. The zero-order chi connectivity index (χ0) is 16.2. The van der Waals surface area contributed by atoms with Gasteiger partial charge < -0.3 is 10.1 Å². The smallest absolute Gasteiger partial charge is 0.273 e. The van der Waals surface area contributed by atoms with Crippen molar-refractivity contribution in [1.82, 2.24) is 10.4 Å². The molecule has 0 bridgehead atoms. The number of nitrogens with one attached hydrogen (secondary N) is 2. The van der Waals surface area contributed by atoms with Crippen LogP contribution >= 0.6 is 0 Å². The highest BCUT2D eigenvalue weighted by Crippen LogP contribution is 2.19. The molecule has 2 aromatic carbocycles. The Kier molecular flexibility index (Phi) is 4.21. The van der Waals surface area contributed by atoms with E-state index in [4.69, 9.17) is 0 Å². The van der Waals surface area contributed by atoms with Gasteiger partial charge in [-0.1, -0.05) is 48.5 Å². The van der Waals surface area contributed by atoms with Crippen LogP contribution in [0.15, 0.2) is 59.7 Å². The molecule has 5 nitrogen and oxygen atoms in total. The van der Waals surface area contributed by atoms with Crippen molar-refractivity contribution in [3.63, 3.8) is 0 Å². The van der Waals surface area contributed by atoms with Crippen LogP contribution in [0, 0.1) is 6.92 Å². The van der Waals surface area contributed by atoms with Gasteiger partial charge in [0.1, 0.15) is 0 Å². The summed E-state index contributed by atoms with van der Waals surface area (Å²) < 4.78 is 0. The first kappa shape index (κ1) is 15.0. The quantitative estimate of drug-likeness (QED) is 0.512. The fourth-order valence-corrected chi connectivity index (χ4v) is 2.47. The molecule has 1 heterocycles. The molecule has 3 aromatic rings. The number of fused-ring (bicyclic) bond motifs is 1. The van der Waals surface area contributed by atoms with Crippen LogP contribution in [0.3, 0.4) is 0 Å². The second-order valence-electron chi connectivity index (χ2n) is 5.26. The number of hydrazone groups is 1. The van der Waals surface area contributed by atoms with Crippen LogP contribution in [-0.4, -0.2) is 22.2 Å². The predicted octanol–water partition coefficient (Wildman–Crippen LogP) is 2.66. The zero-order valence-electron chi connectivity index (χ0n) is 12.7. The van der Waals surface area contributed by atoms with E-state index >= 15 is 0 Å². The van der Waals surface area contributed by atoms with Gasteiger partial charge >= 0.3 is 0 Å². The Morgan fingerprint density at radius 2 is 1.87 bits per heavy atom. The van der Waals surface area contributed by atoms with Crippen LogP contribution in [-0.2, 0) is 4.79 Å². The molecule has 0 saturated carbocycles. The highest BCUT2D eigenvalue weighted by atomic mass is 16.3. The van der Waals surface area contributed by atoms with Crippen molar-refractivity contribution < 1.29 is 9.90 Å². The third-order valence-corrected chi connectivity index (χ3v) is 3.68. The first-order valence-corrected chi connectivity index (χ1v) is 7.30. The van der Waals surface area contributed by atoms with E-state index in [2.05, 4.69) is 15.5 Å². The van der Waals surface area contributed by atoms with E-state index in [0.29, 0.717) is 5.56 Å². The summed E-state index contributed by atoms with van der Waals surface area (Å²) in [5.41, 5.74) is 5.80. The number of aryl methyl sites for hydroxylation is 1. The summed E-state index contributed by atoms with van der Waals surface area (Å²) in [5.74, 6) is -0.565. The molecule has 0 aliphatic rings. The molecule has 0 aliphatic heterocycles. The minimum absolute atomic E-state index is 0.531. The molecule has 1 unspecified atom stereocenters. The molecule has 5 heteroatoms. The summed E-state index contributed by atoms with van der Waals surface area (Å²) >= 11 is 0. The standard InChI is InChI=1S/C18H17N3O2/c1-12-15(14-9-5-6-10-16(14)20-12)11-19-21-18(23)17(22)13-7-3-2-4-8-13/h2-11,17,20,22H,1H3,(H,21,23). The van der Waals surface area contributed by atoms with Gasteiger partial charge in [-0.3, -0.25) is 4.79 Å². The number of hydrogen-bond donors (Lipinski definition) is 3.